The van der Waals surface area contributed by atoms with Crippen molar-refractivity contribution in [3.63, 3.8) is 0 Å². The lowest BCUT2D eigenvalue weighted by molar-refractivity contribution is -0.385. The van der Waals surface area contributed by atoms with Crippen molar-refractivity contribution in [2.75, 3.05) is 27.2 Å². The van der Waals surface area contributed by atoms with Gasteiger partial charge in [0.25, 0.3) is 0 Å². The Morgan fingerprint density at radius 1 is 1.50 bits per heavy atom. The lowest BCUT2D eigenvalue weighted by Crippen LogP contribution is -2.19. The zero-order chi connectivity index (χ0) is 12.1. The van der Waals surface area contributed by atoms with E-state index in [1.54, 1.807) is 0 Å². The van der Waals surface area contributed by atoms with E-state index in [-0.39, 0.29) is 11.4 Å². The van der Waals surface area contributed by atoms with Gasteiger partial charge in [-0.25, -0.2) is 0 Å². The molecule has 0 atom stereocenters. The van der Waals surface area contributed by atoms with Crippen molar-refractivity contribution in [2.45, 2.75) is 0 Å². The average molecular weight is 226 g/mol. The number of benzene rings is 1. The van der Waals surface area contributed by atoms with Crippen LogP contribution in [0.4, 0.5) is 5.69 Å². The summed E-state index contributed by atoms with van der Waals surface area (Å²) >= 11 is 0. The number of phenols is 1. The van der Waals surface area contributed by atoms with Crippen LogP contribution in [0.5, 0.6) is 11.5 Å². The summed E-state index contributed by atoms with van der Waals surface area (Å²) < 4.78 is 5.31. The van der Waals surface area contributed by atoms with Gasteiger partial charge in [0.1, 0.15) is 12.4 Å². The first-order valence-corrected chi connectivity index (χ1v) is 4.75. The maximum atomic E-state index is 10.4. The van der Waals surface area contributed by atoms with Gasteiger partial charge in [-0.3, -0.25) is 10.1 Å². The third-order valence-corrected chi connectivity index (χ3v) is 1.95. The van der Waals surface area contributed by atoms with E-state index < -0.39 is 4.92 Å². The molecule has 0 aliphatic carbocycles. The molecule has 1 aromatic rings. The lowest BCUT2D eigenvalue weighted by atomic mass is 10.3. The molecule has 0 radical (unpaired) electrons. The molecule has 0 bridgehead atoms. The molecule has 16 heavy (non-hydrogen) atoms. The van der Waals surface area contributed by atoms with Crippen LogP contribution in [0.2, 0.25) is 0 Å². The van der Waals surface area contributed by atoms with Crippen LogP contribution in [-0.4, -0.2) is 42.2 Å². The second kappa shape index (κ2) is 5.32. The molecule has 0 amide bonds. The number of aromatic hydroxyl groups is 1. The third kappa shape index (κ3) is 3.39. The smallest absolute Gasteiger partial charge is 0.310 e. The van der Waals surface area contributed by atoms with Crippen molar-refractivity contribution in [2.24, 2.45) is 0 Å². The molecule has 6 heteroatoms. The summed E-state index contributed by atoms with van der Waals surface area (Å²) in [6.45, 7) is 1.20. The zero-order valence-electron chi connectivity index (χ0n) is 9.21. The van der Waals surface area contributed by atoms with Gasteiger partial charge in [-0.05, 0) is 20.2 Å². The van der Waals surface area contributed by atoms with Crippen LogP contribution in [0.25, 0.3) is 0 Å². The van der Waals surface area contributed by atoms with Crippen LogP contribution < -0.4 is 4.74 Å². The van der Waals surface area contributed by atoms with E-state index in [0.717, 1.165) is 6.54 Å². The van der Waals surface area contributed by atoms with E-state index in [1.807, 2.05) is 19.0 Å². The largest absolute Gasteiger partial charge is 0.502 e. The normalized spacial score (nSPS) is 10.4. The molecule has 0 saturated carbocycles. The number of phenolic OH excluding ortho intramolecular Hbond substituents is 1. The number of hydrogen-bond acceptors (Lipinski definition) is 5. The molecule has 0 saturated heterocycles. The molecule has 6 nitrogen and oxygen atoms in total. The summed E-state index contributed by atoms with van der Waals surface area (Å²) in [6.07, 6.45) is 0. The second-order valence-electron chi connectivity index (χ2n) is 3.56. The predicted molar refractivity (Wildman–Crippen MR) is 58.8 cm³/mol. The first kappa shape index (κ1) is 12.3. The third-order valence-electron chi connectivity index (χ3n) is 1.95. The maximum Gasteiger partial charge on any atom is 0.310 e. The topological polar surface area (TPSA) is 75.8 Å². The van der Waals surface area contributed by atoms with E-state index in [0.29, 0.717) is 12.4 Å². The molecule has 0 aliphatic rings. The molecule has 1 N–H and O–H groups in total. The Bertz CT molecular complexity index is 379. The number of ether oxygens (including phenoxy) is 1. The minimum Gasteiger partial charge on any atom is -0.502 e. The zero-order valence-corrected chi connectivity index (χ0v) is 9.21. The highest BCUT2D eigenvalue weighted by molar-refractivity contribution is 5.49. The highest BCUT2D eigenvalue weighted by Crippen LogP contribution is 2.29. The van der Waals surface area contributed by atoms with Crippen LogP contribution in [0.15, 0.2) is 18.2 Å². The van der Waals surface area contributed by atoms with Crippen LogP contribution in [0, 0.1) is 10.1 Å². The van der Waals surface area contributed by atoms with Gasteiger partial charge in [0.05, 0.1) is 4.92 Å². The number of nitro groups is 1. The Morgan fingerprint density at radius 3 is 2.69 bits per heavy atom. The van der Waals surface area contributed by atoms with Gasteiger partial charge >= 0.3 is 5.69 Å². The van der Waals surface area contributed by atoms with Crippen LogP contribution >= 0.6 is 0 Å². The first-order valence-electron chi connectivity index (χ1n) is 4.75. The highest BCUT2D eigenvalue weighted by atomic mass is 16.6. The number of likely N-dealkylation sites (N-methyl/N-ethyl adjacent to an activating group) is 1. The minimum absolute atomic E-state index is 0.319. The van der Waals surface area contributed by atoms with E-state index >= 15 is 0 Å². The SMILES string of the molecule is CN(C)CCOc1ccc([N+](=O)[O-])c(O)c1. The summed E-state index contributed by atoms with van der Waals surface area (Å²) in [4.78, 5) is 11.7. The van der Waals surface area contributed by atoms with Gasteiger partial charge in [-0.2, -0.15) is 0 Å². The molecule has 1 aromatic carbocycles. The fraction of sp³-hybridized carbons (Fsp3) is 0.400. The number of rotatable bonds is 5. The van der Waals surface area contributed by atoms with Crippen molar-refractivity contribution in [3.05, 3.63) is 28.3 Å². The molecule has 0 aliphatic heterocycles. The molecule has 88 valence electrons. The van der Waals surface area contributed by atoms with Crippen molar-refractivity contribution in [1.29, 1.82) is 0 Å². The number of nitro benzene ring substituents is 1. The van der Waals surface area contributed by atoms with Gasteiger partial charge in [0.15, 0.2) is 5.75 Å². The minimum atomic E-state index is -0.640. The Balaban J connectivity index is 2.63. The van der Waals surface area contributed by atoms with Gasteiger partial charge in [-0.15, -0.1) is 0 Å². The summed E-state index contributed by atoms with van der Waals surface area (Å²) in [5.41, 5.74) is -0.319. The van der Waals surface area contributed by atoms with Crippen molar-refractivity contribution in [1.82, 2.24) is 4.90 Å². The predicted octanol–water partition coefficient (Wildman–Crippen LogP) is 1.24. The first-order chi connectivity index (χ1) is 7.50. The quantitative estimate of drug-likeness (QED) is 0.603. The highest BCUT2D eigenvalue weighted by Gasteiger charge is 2.13. The van der Waals surface area contributed by atoms with Crippen molar-refractivity contribution in [3.8, 4) is 11.5 Å². The van der Waals surface area contributed by atoms with E-state index in [4.69, 9.17) is 4.74 Å². The van der Waals surface area contributed by atoms with Crippen LogP contribution in [-0.2, 0) is 0 Å². The monoisotopic (exact) mass is 226 g/mol. The van der Waals surface area contributed by atoms with Gasteiger partial charge < -0.3 is 14.7 Å². The van der Waals surface area contributed by atoms with E-state index in [2.05, 4.69) is 0 Å². The summed E-state index contributed by atoms with van der Waals surface area (Å²) in [5.74, 6) is 0.0392. The van der Waals surface area contributed by atoms with Crippen LogP contribution in [0.1, 0.15) is 0 Å². The number of hydrogen-bond donors (Lipinski definition) is 1. The maximum absolute atomic E-state index is 10.4. The van der Waals surface area contributed by atoms with Gasteiger partial charge in [-0.1, -0.05) is 0 Å². The van der Waals surface area contributed by atoms with Gasteiger partial charge in [0.2, 0.25) is 0 Å². The Morgan fingerprint density at radius 2 is 2.19 bits per heavy atom. The Kier molecular flexibility index (Phi) is 4.07. The summed E-state index contributed by atoms with van der Waals surface area (Å²) in [7, 11) is 3.83. The molecular weight excluding hydrogens is 212 g/mol. The number of nitrogens with zero attached hydrogens (tertiary/aromatic N) is 2. The van der Waals surface area contributed by atoms with Crippen molar-refractivity contribution >= 4 is 5.69 Å². The standard InChI is InChI=1S/C10H14N2O4/c1-11(2)5-6-16-8-3-4-9(12(14)15)10(13)7-8/h3-4,7,13H,5-6H2,1-2H3. The molecule has 0 fully saturated rings. The Hall–Kier alpha value is -1.82. The summed E-state index contributed by atoms with van der Waals surface area (Å²) in [6, 6.07) is 3.93. The molecule has 0 unspecified atom stereocenters. The fourth-order valence-electron chi connectivity index (χ4n) is 1.09. The Labute approximate surface area is 93.2 Å². The summed E-state index contributed by atoms with van der Waals surface area (Å²) in [5, 5.41) is 19.8. The molecule has 0 aromatic heterocycles. The van der Waals surface area contributed by atoms with Crippen molar-refractivity contribution < 1.29 is 14.8 Å². The molecule has 1 rings (SSSR count). The molecule has 0 spiro atoms. The van der Waals surface area contributed by atoms with Crippen LogP contribution in [0.3, 0.4) is 0 Å². The van der Waals surface area contributed by atoms with Gasteiger partial charge in [0, 0.05) is 18.7 Å². The fourth-order valence-corrected chi connectivity index (χ4v) is 1.09. The van der Waals surface area contributed by atoms with E-state index in [9.17, 15) is 15.2 Å². The average Bonchev–Trinajstić information content (AvgIpc) is 2.16. The molecule has 0 heterocycles. The van der Waals surface area contributed by atoms with E-state index in [1.165, 1.54) is 18.2 Å². The lowest BCUT2D eigenvalue weighted by Gasteiger charge is -2.10. The second-order valence-corrected chi connectivity index (χ2v) is 3.56. The molecular formula is C10H14N2O4.